The number of aromatic nitrogens is 2. The van der Waals surface area contributed by atoms with Crippen LogP contribution in [0.2, 0.25) is 5.02 Å². The maximum atomic E-state index is 13.0. The number of carbonyl (C=O) groups is 2. The molecule has 3 rings (SSSR count). The molecule has 132 valence electrons. The second-order valence-electron chi connectivity index (χ2n) is 6.12. The van der Waals surface area contributed by atoms with E-state index in [1.165, 1.54) is 10.9 Å². The Morgan fingerprint density at radius 2 is 2.08 bits per heavy atom. The fourth-order valence-corrected chi connectivity index (χ4v) is 4.09. The SMILES string of the molecule is CSc1ccccc1C(=O)C1CCCN(C(=O)c2c(Cl)cnn2C)C1. The van der Waals surface area contributed by atoms with E-state index in [2.05, 4.69) is 5.10 Å². The summed E-state index contributed by atoms with van der Waals surface area (Å²) in [6.07, 6.45) is 5.03. The van der Waals surface area contributed by atoms with E-state index in [0.717, 1.165) is 23.3 Å². The maximum absolute atomic E-state index is 13.0. The highest BCUT2D eigenvalue weighted by Crippen LogP contribution is 2.28. The van der Waals surface area contributed by atoms with Crippen LogP contribution in [0.1, 0.15) is 33.7 Å². The first kappa shape index (κ1) is 18.0. The number of likely N-dealkylation sites (tertiary alicyclic amines) is 1. The van der Waals surface area contributed by atoms with Crippen molar-refractivity contribution in [1.82, 2.24) is 14.7 Å². The van der Waals surface area contributed by atoms with Crippen LogP contribution < -0.4 is 0 Å². The van der Waals surface area contributed by atoms with Gasteiger partial charge in [-0.2, -0.15) is 5.10 Å². The minimum atomic E-state index is -0.182. The molecule has 1 aliphatic heterocycles. The van der Waals surface area contributed by atoms with Crippen LogP contribution in [0.15, 0.2) is 35.4 Å². The summed E-state index contributed by atoms with van der Waals surface area (Å²) in [4.78, 5) is 28.5. The highest BCUT2D eigenvalue weighted by molar-refractivity contribution is 7.98. The average Bonchev–Trinajstić information content (AvgIpc) is 2.99. The molecule has 5 nitrogen and oxygen atoms in total. The molecule has 1 amide bonds. The van der Waals surface area contributed by atoms with E-state index in [1.807, 2.05) is 30.5 Å². The first-order chi connectivity index (χ1) is 12.0. The highest BCUT2D eigenvalue weighted by atomic mass is 35.5. The van der Waals surface area contributed by atoms with Crippen molar-refractivity contribution in [3.8, 4) is 0 Å². The van der Waals surface area contributed by atoms with Gasteiger partial charge in [0.15, 0.2) is 5.78 Å². The number of nitrogens with zero attached hydrogens (tertiary/aromatic N) is 3. The fraction of sp³-hybridized carbons (Fsp3) is 0.389. The zero-order valence-electron chi connectivity index (χ0n) is 14.2. The number of carbonyl (C=O) groups excluding carboxylic acids is 2. The second-order valence-corrected chi connectivity index (χ2v) is 7.37. The second kappa shape index (κ2) is 7.62. The first-order valence-electron chi connectivity index (χ1n) is 8.17. The monoisotopic (exact) mass is 377 g/mol. The van der Waals surface area contributed by atoms with Gasteiger partial charge in [-0.15, -0.1) is 11.8 Å². The third kappa shape index (κ3) is 3.60. The summed E-state index contributed by atoms with van der Waals surface area (Å²) in [5.74, 6) is -0.239. The van der Waals surface area contributed by atoms with Crippen LogP contribution in [0.5, 0.6) is 0 Å². The third-order valence-corrected chi connectivity index (χ3v) is 5.62. The molecule has 1 aromatic heterocycles. The van der Waals surface area contributed by atoms with Gasteiger partial charge in [-0.1, -0.05) is 29.8 Å². The van der Waals surface area contributed by atoms with Gasteiger partial charge in [0.1, 0.15) is 5.69 Å². The predicted octanol–water partition coefficient (Wildman–Crippen LogP) is 3.53. The van der Waals surface area contributed by atoms with Crippen LogP contribution in [0.25, 0.3) is 0 Å². The standard InChI is InChI=1S/C18H20ClN3O2S/c1-21-16(14(19)10-20-21)18(24)22-9-5-6-12(11-22)17(23)13-7-3-4-8-15(13)25-2/h3-4,7-8,10,12H,5-6,9,11H2,1-2H3. The van der Waals surface area contributed by atoms with Crippen molar-refractivity contribution in [2.45, 2.75) is 17.7 Å². The van der Waals surface area contributed by atoms with Crippen LogP contribution in [0, 0.1) is 5.92 Å². The van der Waals surface area contributed by atoms with Crippen molar-refractivity contribution in [3.63, 3.8) is 0 Å². The molecular weight excluding hydrogens is 358 g/mol. The van der Waals surface area contributed by atoms with E-state index in [4.69, 9.17) is 11.6 Å². The lowest BCUT2D eigenvalue weighted by Crippen LogP contribution is -2.43. The number of thioether (sulfide) groups is 1. The number of hydrogen-bond donors (Lipinski definition) is 0. The summed E-state index contributed by atoms with van der Waals surface area (Å²) in [7, 11) is 1.69. The van der Waals surface area contributed by atoms with Crippen molar-refractivity contribution >= 4 is 35.1 Å². The third-order valence-electron chi connectivity index (χ3n) is 4.55. The summed E-state index contributed by atoms with van der Waals surface area (Å²) in [5, 5.41) is 4.37. The van der Waals surface area contributed by atoms with E-state index in [-0.39, 0.29) is 17.6 Å². The van der Waals surface area contributed by atoms with Gasteiger partial charge in [-0.3, -0.25) is 14.3 Å². The van der Waals surface area contributed by atoms with Gasteiger partial charge in [-0.05, 0) is 25.2 Å². The van der Waals surface area contributed by atoms with Crippen LogP contribution in [0.3, 0.4) is 0 Å². The number of halogens is 1. The number of piperidine rings is 1. The molecule has 1 atom stereocenters. The molecule has 0 spiro atoms. The van der Waals surface area contributed by atoms with E-state index in [9.17, 15) is 9.59 Å². The molecule has 0 N–H and O–H groups in total. The van der Waals surface area contributed by atoms with Crippen LogP contribution in [-0.4, -0.2) is 45.7 Å². The Hall–Kier alpha value is -1.79. The maximum Gasteiger partial charge on any atom is 0.273 e. The van der Waals surface area contributed by atoms with Crippen molar-refractivity contribution < 1.29 is 9.59 Å². The molecule has 0 saturated carbocycles. The van der Waals surface area contributed by atoms with Gasteiger partial charge in [0.25, 0.3) is 5.91 Å². The lowest BCUT2D eigenvalue weighted by molar-refractivity contribution is 0.0627. The molecule has 2 heterocycles. The lowest BCUT2D eigenvalue weighted by Gasteiger charge is -2.32. The van der Waals surface area contributed by atoms with Gasteiger partial charge in [0, 0.05) is 36.5 Å². The van der Waals surface area contributed by atoms with E-state index in [1.54, 1.807) is 23.7 Å². The van der Waals surface area contributed by atoms with Gasteiger partial charge >= 0.3 is 0 Å². The molecule has 1 unspecified atom stereocenters. The molecule has 25 heavy (non-hydrogen) atoms. The Balaban J connectivity index is 1.79. The fourth-order valence-electron chi connectivity index (χ4n) is 3.24. The Morgan fingerprint density at radius 3 is 2.76 bits per heavy atom. The number of hydrogen-bond acceptors (Lipinski definition) is 4. The Morgan fingerprint density at radius 1 is 1.32 bits per heavy atom. The zero-order valence-corrected chi connectivity index (χ0v) is 15.8. The van der Waals surface area contributed by atoms with Gasteiger partial charge in [-0.25, -0.2) is 0 Å². The molecule has 2 aromatic rings. The van der Waals surface area contributed by atoms with E-state index < -0.39 is 0 Å². The van der Waals surface area contributed by atoms with Gasteiger partial charge < -0.3 is 4.90 Å². The number of Topliss-reactive ketones (excluding diaryl/α,β-unsaturated/α-hetero) is 1. The predicted molar refractivity (Wildman–Crippen MR) is 99.4 cm³/mol. The molecule has 0 bridgehead atoms. The molecule has 1 saturated heterocycles. The average molecular weight is 378 g/mol. The van der Waals surface area contributed by atoms with Gasteiger partial charge in [0.2, 0.25) is 0 Å². The minimum absolute atomic E-state index is 0.110. The molecular formula is C18H20ClN3O2S. The number of amides is 1. The van der Waals surface area contributed by atoms with Crippen molar-refractivity contribution in [3.05, 3.63) is 46.7 Å². The van der Waals surface area contributed by atoms with E-state index in [0.29, 0.717) is 23.8 Å². The van der Waals surface area contributed by atoms with Crippen LogP contribution in [-0.2, 0) is 7.05 Å². The smallest absolute Gasteiger partial charge is 0.273 e. The highest BCUT2D eigenvalue weighted by Gasteiger charge is 2.32. The topological polar surface area (TPSA) is 55.2 Å². The van der Waals surface area contributed by atoms with Crippen molar-refractivity contribution in [1.29, 1.82) is 0 Å². The number of benzene rings is 1. The number of aryl methyl sites for hydroxylation is 1. The van der Waals surface area contributed by atoms with Crippen molar-refractivity contribution in [2.24, 2.45) is 13.0 Å². The van der Waals surface area contributed by atoms with Crippen LogP contribution in [0.4, 0.5) is 0 Å². The molecule has 0 radical (unpaired) electrons. The van der Waals surface area contributed by atoms with Crippen LogP contribution >= 0.6 is 23.4 Å². The van der Waals surface area contributed by atoms with E-state index >= 15 is 0 Å². The zero-order chi connectivity index (χ0) is 18.0. The molecule has 1 aromatic carbocycles. The molecule has 0 aliphatic carbocycles. The Kier molecular flexibility index (Phi) is 5.49. The minimum Gasteiger partial charge on any atom is -0.337 e. The number of rotatable bonds is 4. The normalized spacial score (nSPS) is 17.6. The molecule has 7 heteroatoms. The summed E-state index contributed by atoms with van der Waals surface area (Å²) >= 11 is 7.66. The Bertz CT molecular complexity index is 786. The summed E-state index contributed by atoms with van der Waals surface area (Å²) in [5.41, 5.74) is 1.12. The van der Waals surface area contributed by atoms with Crippen molar-refractivity contribution in [2.75, 3.05) is 19.3 Å². The largest absolute Gasteiger partial charge is 0.337 e. The summed E-state index contributed by atoms with van der Waals surface area (Å²) in [6.45, 7) is 1.05. The summed E-state index contributed by atoms with van der Waals surface area (Å²) in [6, 6.07) is 7.64. The molecule has 1 aliphatic rings. The van der Waals surface area contributed by atoms with Gasteiger partial charge in [0.05, 0.1) is 11.2 Å². The molecule has 1 fully saturated rings. The lowest BCUT2D eigenvalue weighted by atomic mass is 9.90. The first-order valence-corrected chi connectivity index (χ1v) is 9.77. The quantitative estimate of drug-likeness (QED) is 0.604. The Labute approximate surface area is 156 Å². The number of ketones is 1. The summed E-state index contributed by atoms with van der Waals surface area (Å²) < 4.78 is 1.49.